The second-order valence-corrected chi connectivity index (χ2v) is 8.42. The first-order valence-electron chi connectivity index (χ1n) is 11.1. The van der Waals surface area contributed by atoms with Crippen molar-refractivity contribution in [3.8, 4) is 11.8 Å². The van der Waals surface area contributed by atoms with Gasteiger partial charge in [-0.15, -0.1) is 0 Å². The summed E-state index contributed by atoms with van der Waals surface area (Å²) in [5, 5.41) is 3.52. The number of rotatable bonds is 5. The minimum absolute atomic E-state index is 0.189. The fourth-order valence-corrected chi connectivity index (χ4v) is 3.88. The minimum atomic E-state index is -0.286. The molecule has 0 atom stereocenters. The van der Waals surface area contributed by atoms with Gasteiger partial charge in [0.2, 0.25) is 5.95 Å². The van der Waals surface area contributed by atoms with E-state index in [0.717, 1.165) is 44.8 Å². The highest BCUT2D eigenvalue weighted by Crippen LogP contribution is 2.23. The van der Waals surface area contributed by atoms with E-state index in [0.29, 0.717) is 27.4 Å². The Bertz CT molecular complexity index is 1210. The van der Waals surface area contributed by atoms with Gasteiger partial charge < -0.3 is 16.0 Å². The molecule has 2 aromatic heterocycles. The van der Waals surface area contributed by atoms with Crippen LogP contribution in [0.15, 0.2) is 49.1 Å². The van der Waals surface area contributed by atoms with E-state index in [2.05, 4.69) is 48.8 Å². The van der Waals surface area contributed by atoms with E-state index in [1.807, 2.05) is 12.1 Å². The van der Waals surface area contributed by atoms with Crippen molar-refractivity contribution in [2.75, 3.05) is 43.8 Å². The number of likely N-dealkylation sites (N-methyl/N-ethyl adjacent to an activating group) is 1. The number of aromatic nitrogens is 3. The van der Waals surface area contributed by atoms with E-state index in [-0.39, 0.29) is 11.9 Å². The molecule has 174 valence electrons. The maximum atomic E-state index is 12.8. The number of pyridine rings is 1. The van der Waals surface area contributed by atoms with Crippen molar-refractivity contribution in [1.82, 2.24) is 24.8 Å². The van der Waals surface area contributed by atoms with Crippen molar-refractivity contribution in [3.63, 3.8) is 0 Å². The van der Waals surface area contributed by atoms with E-state index < -0.39 is 0 Å². The Morgan fingerprint density at radius 2 is 1.74 bits per heavy atom. The summed E-state index contributed by atoms with van der Waals surface area (Å²) in [4.78, 5) is 29.6. The standard InChI is InChI=1S/C25H26ClN7O/c1-2-32-7-9-33(10-8-32)17-20-5-6-22(12-23(20)26)31-24(34)21-11-18(13-28-16-21)3-4-19-14-29-25(27)30-15-19/h5-6,11-16H,2,7-10,17H2,1H3,(H,31,34)(H2,27,29,30). The normalized spacial score (nSPS) is 14.3. The number of nitrogen functional groups attached to an aromatic ring is 1. The number of carbonyl (C=O) groups is 1. The molecule has 0 bridgehead atoms. The van der Waals surface area contributed by atoms with Crippen molar-refractivity contribution >= 4 is 29.1 Å². The fraction of sp³-hybridized carbons (Fsp3) is 0.280. The second kappa shape index (κ2) is 11.1. The predicted octanol–water partition coefficient (Wildman–Crippen LogP) is 2.90. The molecule has 9 heteroatoms. The molecule has 1 fully saturated rings. The second-order valence-electron chi connectivity index (χ2n) is 8.01. The molecule has 0 radical (unpaired) electrons. The summed E-state index contributed by atoms with van der Waals surface area (Å²) in [5.74, 6) is 5.79. The molecule has 0 spiro atoms. The smallest absolute Gasteiger partial charge is 0.257 e. The van der Waals surface area contributed by atoms with Gasteiger partial charge in [0.25, 0.3) is 5.91 Å². The van der Waals surface area contributed by atoms with Crippen molar-refractivity contribution < 1.29 is 4.79 Å². The molecule has 1 aliphatic rings. The van der Waals surface area contributed by atoms with E-state index in [9.17, 15) is 4.79 Å². The number of benzene rings is 1. The lowest BCUT2D eigenvalue weighted by atomic mass is 10.1. The van der Waals surface area contributed by atoms with Crippen molar-refractivity contribution in [2.45, 2.75) is 13.5 Å². The van der Waals surface area contributed by atoms with Gasteiger partial charge in [0.05, 0.1) is 11.1 Å². The lowest BCUT2D eigenvalue weighted by Crippen LogP contribution is -2.45. The average molecular weight is 476 g/mol. The van der Waals surface area contributed by atoms with Crippen LogP contribution in [-0.4, -0.2) is 63.4 Å². The Hall–Kier alpha value is -3.51. The van der Waals surface area contributed by atoms with E-state index in [1.54, 1.807) is 18.3 Å². The highest BCUT2D eigenvalue weighted by Gasteiger charge is 2.17. The van der Waals surface area contributed by atoms with Crippen molar-refractivity contribution in [2.24, 2.45) is 0 Å². The van der Waals surface area contributed by atoms with Gasteiger partial charge in [0.15, 0.2) is 0 Å². The third kappa shape index (κ3) is 6.29. The number of anilines is 2. The number of hydrogen-bond acceptors (Lipinski definition) is 7. The summed E-state index contributed by atoms with van der Waals surface area (Å²) >= 11 is 6.53. The summed E-state index contributed by atoms with van der Waals surface area (Å²) in [6.45, 7) is 8.29. The van der Waals surface area contributed by atoms with Gasteiger partial charge in [0, 0.05) is 73.8 Å². The van der Waals surface area contributed by atoms with E-state index >= 15 is 0 Å². The summed E-state index contributed by atoms with van der Waals surface area (Å²) in [7, 11) is 0. The van der Waals surface area contributed by atoms with Gasteiger partial charge in [-0.3, -0.25) is 14.7 Å². The molecule has 3 aromatic rings. The van der Waals surface area contributed by atoms with Crippen LogP contribution < -0.4 is 11.1 Å². The number of nitrogens with one attached hydrogen (secondary N) is 1. The van der Waals surface area contributed by atoms with E-state index in [1.165, 1.54) is 18.6 Å². The third-order valence-corrected chi connectivity index (χ3v) is 5.99. The lowest BCUT2D eigenvalue weighted by Gasteiger charge is -2.34. The van der Waals surface area contributed by atoms with Crippen LogP contribution in [0.3, 0.4) is 0 Å². The number of hydrogen-bond donors (Lipinski definition) is 2. The highest BCUT2D eigenvalue weighted by atomic mass is 35.5. The molecule has 3 heterocycles. The summed E-state index contributed by atoms with van der Waals surface area (Å²) in [5.41, 5.74) is 8.78. The van der Waals surface area contributed by atoms with Crippen LogP contribution in [0.25, 0.3) is 0 Å². The zero-order valence-electron chi connectivity index (χ0n) is 19.0. The largest absolute Gasteiger partial charge is 0.368 e. The minimum Gasteiger partial charge on any atom is -0.368 e. The first-order valence-corrected chi connectivity index (χ1v) is 11.5. The Morgan fingerprint density at radius 1 is 1.03 bits per heavy atom. The number of nitrogens with two attached hydrogens (primary N) is 1. The summed E-state index contributed by atoms with van der Waals surface area (Å²) in [6, 6.07) is 7.31. The maximum absolute atomic E-state index is 12.8. The quantitative estimate of drug-likeness (QED) is 0.547. The Kier molecular flexibility index (Phi) is 7.70. The van der Waals surface area contributed by atoms with Gasteiger partial charge in [0.1, 0.15) is 0 Å². The summed E-state index contributed by atoms with van der Waals surface area (Å²) in [6.07, 6.45) is 6.17. The molecular formula is C25H26ClN7O. The number of halogens is 1. The first kappa shape index (κ1) is 23.6. The van der Waals surface area contributed by atoms with Gasteiger partial charge in [-0.25, -0.2) is 9.97 Å². The van der Waals surface area contributed by atoms with Crippen LogP contribution in [0.5, 0.6) is 0 Å². The fourth-order valence-electron chi connectivity index (χ4n) is 3.64. The molecule has 4 rings (SSSR count). The molecule has 0 aliphatic carbocycles. The molecule has 3 N–H and O–H groups in total. The molecular weight excluding hydrogens is 450 g/mol. The Morgan fingerprint density at radius 3 is 2.44 bits per heavy atom. The molecule has 1 aliphatic heterocycles. The lowest BCUT2D eigenvalue weighted by molar-refractivity contribution is 0.102. The highest BCUT2D eigenvalue weighted by molar-refractivity contribution is 6.31. The number of amides is 1. The topological polar surface area (TPSA) is 100 Å². The van der Waals surface area contributed by atoms with Gasteiger partial charge in [-0.05, 0) is 30.3 Å². The zero-order valence-corrected chi connectivity index (χ0v) is 19.7. The van der Waals surface area contributed by atoms with Crippen LogP contribution in [0.1, 0.15) is 34.0 Å². The van der Waals surface area contributed by atoms with Crippen LogP contribution in [0, 0.1) is 11.8 Å². The van der Waals surface area contributed by atoms with Crippen LogP contribution in [-0.2, 0) is 6.54 Å². The molecule has 0 unspecified atom stereocenters. The van der Waals surface area contributed by atoms with Crippen LogP contribution >= 0.6 is 11.6 Å². The Labute approximate surface area is 204 Å². The SMILES string of the molecule is CCN1CCN(Cc2ccc(NC(=O)c3cncc(C#Cc4cnc(N)nc4)c3)cc2Cl)CC1. The van der Waals surface area contributed by atoms with Crippen LogP contribution in [0.2, 0.25) is 5.02 Å². The average Bonchev–Trinajstić information content (AvgIpc) is 2.86. The van der Waals surface area contributed by atoms with Gasteiger partial charge in [-0.1, -0.05) is 36.4 Å². The summed E-state index contributed by atoms with van der Waals surface area (Å²) < 4.78 is 0. The number of nitrogens with zero attached hydrogens (tertiary/aromatic N) is 5. The van der Waals surface area contributed by atoms with Crippen LogP contribution in [0.4, 0.5) is 11.6 Å². The Balaban J connectivity index is 1.38. The van der Waals surface area contributed by atoms with E-state index in [4.69, 9.17) is 17.3 Å². The monoisotopic (exact) mass is 475 g/mol. The van der Waals surface area contributed by atoms with Crippen molar-refractivity contribution in [1.29, 1.82) is 0 Å². The molecule has 1 saturated heterocycles. The number of piperazine rings is 1. The molecule has 34 heavy (non-hydrogen) atoms. The van der Waals surface area contributed by atoms with Gasteiger partial charge >= 0.3 is 0 Å². The molecule has 8 nitrogen and oxygen atoms in total. The first-order chi connectivity index (χ1) is 16.5. The molecule has 0 saturated carbocycles. The molecule has 1 aromatic carbocycles. The molecule has 1 amide bonds. The third-order valence-electron chi connectivity index (χ3n) is 5.64. The number of carbonyl (C=O) groups excluding carboxylic acids is 1. The zero-order chi connectivity index (χ0) is 23.9. The van der Waals surface area contributed by atoms with Crippen molar-refractivity contribution in [3.05, 3.63) is 76.3 Å². The predicted molar refractivity (Wildman–Crippen MR) is 133 cm³/mol. The van der Waals surface area contributed by atoms with Gasteiger partial charge in [-0.2, -0.15) is 0 Å². The maximum Gasteiger partial charge on any atom is 0.257 e.